The van der Waals surface area contributed by atoms with Gasteiger partial charge >= 0.3 is 0 Å². The van der Waals surface area contributed by atoms with Crippen molar-refractivity contribution in [3.8, 4) is 0 Å². The lowest BCUT2D eigenvalue weighted by Gasteiger charge is -2.01. The van der Waals surface area contributed by atoms with Crippen LogP contribution >= 0.6 is 0 Å². The summed E-state index contributed by atoms with van der Waals surface area (Å²) >= 11 is 0. The van der Waals surface area contributed by atoms with Crippen LogP contribution in [0.3, 0.4) is 0 Å². The normalized spacial score (nSPS) is 13.5. The Morgan fingerprint density at radius 1 is 1.46 bits per heavy atom. The van der Waals surface area contributed by atoms with E-state index in [1.807, 2.05) is 32.2 Å². The third kappa shape index (κ3) is 3.38. The van der Waals surface area contributed by atoms with E-state index in [2.05, 4.69) is 5.32 Å². The van der Waals surface area contributed by atoms with Crippen LogP contribution in [0.4, 0.5) is 4.39 Å². The largest absolute Gasteiger partial charge is 0.314 e. The Kier molecular flexibility index (Phi) is 3.65. The SMILES string of the molecule is CNC(C)C=Cc1cccc(F)c1. The van der Waals surface area contributed by atoms with Gasteiger partial charge in [-0.2, -0.15) is 0 Å². The van der Waals surface area contributed by atoms with Gasteiger partial charge in [0.05, 0.1) is 0 Å². The van der Waals surface area contributed by atoms with Gasteiger partial charge in [-0.1, -0.05) is 24.3 Å². The molecule has 1 aromatic carbocycles. The predicted octanol–water partition coefficient (Wildman–Crippen LogP) is 2.45. The highest BCUT2D eigenvalue weighted by molar-refractivity contribution is 5.49. The first-order valence-corrected chi connectivity index (χ1v) is 4.33. The van der Waals surface area contributed by atoms with Crippen molar-refractivity contribution in [3.05, 3.63) is 41.7 Å². The van der Waals surface area contributed by atoms with E-state index in [0.717, 1.165) is 5.56 Å². The van der Waals surface area contributed by atoms with Crippen molar-refractivity contribution in [1.29, 1.82) is 0 Å². The van der Waals surface area contributed by atoms with Gasteiger partial charge in [-0.25, -0.2) is 4.39 Å². The third-order valence-electron chi connectivity index (χ3n) is 1.88. The van der Waals surface area contributed by atoms with Crippen LogP contribution in [-0.4, -0.2) is 13.1 Å². The predicted molar refractivity (Wildman–Crippen MR) is 54.0 cm³/mol. The van der Waals surface area contributed by atoms with Crippen LogP contribution in [0.25, 0.3) is 6.08 Å². The summed E-state index contributed by atoms with van der Waals surface area (Å²) in [4.78, 5) is 0. The smallest absolute Gasteiger partial charge is 0.123 e. The van der Waals surface area contributed by atoms with E-state index in [9.17, 15) is 4.39 Å². The van der Waals surface area contributed by atoms with Gasteiger partial charge in [-0.3, -0.25) is 0 Å². The summed E-state index contributed by atoms with van der Waals surface area (Å²) < 4.78 is 12.7. The lowest BCUT2D eigenvalue weighted by atomic mass is 10.2. The zero-order valence-corrected chi connectivity index (χ0v) is 7.92. The third-order valence-corrected chi connectivity index (χ3v) is 1.88. The maximum atomic E-state index is 12.7. The Morgan fingerprint density at radius 2 is 2.23 bits per heavy atom. The second-order valence-corrected chi connectivity index (χ2v) is 2.99. The Bertz CT molecular complexity index is 294. The van der Waals surface area contributed by atoms with Crippen molar-refractivity contribution in [2.45, 2.75) is 13.0 Å². The summed E-state index contributed by atoms with van der Waals surface area (Å²) in [6.45, 7) is 2.04. The molecule has 1 aromatic rings. The lowest BCUT2D eigenvalue weighted by Crippen LogP contribution is -2.17. The fourth-order valence-corrected chi connectivity index (χ4v) is 0.962. The second-order valence-electron chi connectivity index (χ2n) is 2.99. The fraction of sp³-hybridized carbons (Fsp3) is 0.273. The lowest BCUT2D eigenvalue weighted by molar-refractivity contribution is 0.627. The van der Waals surface area contributed by atoms with Crippen molar-refractivity contribution in [1.82, 2.24) is 5.32 Å². The monoisotopic (exact) mass is 179 g/mol. The number of rotatable bonds is 3. The molecule has 1 rings (SSSR count). The van der Waals surface area contributed by atoms with E-state index >= 15 is 0 Å². The van der Waals surface area contributed by atoms with Crippen LogP contribution in [0.15, 0.2) is 30.3 Å². The van der Waals surface area contributed by atoms with Crippen molar-refractivity contribution in [2.24, 2.45) is 0 Å². The van der Waals surface area contributed by atoms with Crippen LogP contribution in [0.1, 0.15) is 12.5 Å². The molecule has 1 unspecified atom stereocenters. The molecular weight excluding hydrogens is 165 g/mol. The molecule has 1 atom stereocenters. The summed E-state index contributed by atoms with van der Waals surface area (Å²) in [5, 5.41) is 3.07. The molecule has 0 aliphatic rings. The summed E-state index contributed by atoms with van der Waals surface area (Å²) in [5.74, 6) is -0.195. The van der Waals surface area contributed by atoms with Crippen LogP contribution in [0.5, 0.6) is 0 Å². The van der Waals surface area contributed by atoms with Gasteiger partial charge in [0.25, 0.3) is 0 Å². The van der Waals surface area contributed by atoms with Gasteiger partial charge in [-0.15, -0.1) is 0 Å². The van der Waals surface area contributed by atoms with Crippen LogP contribution in [0, 0.1) is 5.82 Å². The molecular formula is C11H14FN. The molecule has 0 saturated carbocycles. The minimum atomic E-state index is -0.195. The van der Waals surface area contributed by atoms with Crippen LogP contribution < -0.4 is 5.32 Å². The Balaban J connectivity index is 2.68. The standard InChI is InChI=1S/C11H14FN/c1-9(13-2)6-7-10-4-3-5-11(12)8-10/h3-9,13H,1-2H3. The summed E-state index contributed by atoms with van der Waals surface area (Å²) in [5.41, 5.74) is 0.891. The molecule has 2 heteroatoms. The molecule has 1 N–H and O–H groups in total. The first-order valence-electron chi connectivity index (χ1n) is 4.33. The molecule has 0 fully saturated rings. The number of halogens is 1. The minimum Gasteiger partial charge on any atom is -0.314 e. The van der Waals surface area contributed by atoms with E-state index in [1.54, 1.807) is 6.07 Å². The number of hydrogen-bond acceptors (Lipinski definition) is 1. The molecule has 1 nitrogen and oxygen atoms in total. The number of likely N-dealkylation sites (N-methyl/N-ethyl adjacent to an activating group) is 1. The molecule has 0 bridgehead atoms. The summed E-state index contributed by atoms with van der Waals surface area (Å²) in [6, 6.07) is 6.85. The zero-order valence-electron chi connectivity index (χ0n) is 7.92. The quantitative estimate of drug-likeness (QED) is 0.751. The number of hydrogen-bond donors (Lipinski definition) is 1. The first-order chi connectivity index (χ1) is 6.22. The van der Waals surface area contributed by atoms with E-state index in [4.69, 9.17) is 0 Å². The maximum absolute atomic E-state index is 12.7. The average molecular weight is 179 g/mol. The van der Waals surface area contributed by atoms with Crippen molar-refractivity contribution in [2.75, 3.05) is 7.05 Å². The molecule has 70 valence electrons. The Morgan fingerprint density at radius 3 is 2.85 bits per heavy atom. The minimum absolute atomic E-state index is 0.195. The van der Waals surface area contributed by atoms with Gasteiger partial charge in [0.1, 0.15) is 5.82 Å². The molecule has 0 aliphatic carbocycles. The highest BCUT2D eigenvalue weighted by Gasteiger charge is 1.92. The van der Waals surface area contributed by atoms with Gasteiger partial charge in [0.2, 0.25) is 0 Å². The Hall–Kier alpha value is -1.15. The fourth-order valence-electron chi connectivity index (χ4n) is 0.962. The first kappa shape index (κ1) is 9.93. The van der Waals surface area contributed by atoms with E-state index < -0.39 is 0 Å². The average Bonchev–Trinajstić information content (AvgIpc) is 2.14. The number of benzene rings is 1. The molecule has 0 heterocycles. The molecule has 0 aromatic heterocycles. The highest BCUT2D eigenvalue weighted by atomic mass is 19.1. The molecule has 13 heavy (non-hydrogen) atoms. The number of nitrogens with one attached hydrogen (secondary N) is 1. The van der Waals surface area contributed by atoms with E-state index in [1.165, 1.54) is 12.1 Å². The van der Waals surface area contributed by atoms with Crippen LogP contribution in [-0.2, 0) is 0 Å². The molecule has 0 aliphatic heterocycles. The van der Waals surface area contributed by atoms with Crippen LogP contribution in [0.2, 0.25) is 0 Å². The van der Waals surface area contributed by atoms with Crippen molar-refractivity contribution >= 4 is 6.08 Å². The summed E-state index contributed by atoms with van der Waals surface area (Å²) in [7, 11) is 1.89. The molecule has 0 radical (unpaired) electrons. The molecule has 0 saturated heterocycles. The van der Waals surface area contributed by atoms with E-state index in [-0.39, 0.29) is 5.82 Å². The summed E-state index contributed by atoms with van der Waals surface area (Å²) in [6.07, 6.45) is 3.90. The van der Waals surface area contributed by atoms with Gasteiger partial charge < -0.3 is 5.32 Å². The Labute approximate surface area is 78.3 Å². The maximum Gasteiger partial charge on any atom is 0.123 e. The topological polar surface area (TPSA) is 12.0 Å². The highest BCUT2D eigenvalue weighted by Crippen LogP contribution is 2.05. The second kappa shape index (κ2) is 4.77. The van der Waals surface area contributed by atoms with Crippen molar-refractivity contribution in [3.63, 3.8) is 0 Å². The van der Waals surface area contributed by atoms with Gasteiger partial charge in [-0.05, 0) is 31.7 Å². The molecule has 0 spiro atoms. The van der Waals surface area contributed by atoms with E-state index in [0.29, 0.717) is 6.04 Å². The molecule has 0 amide bonds. The van der Waals surface area contributed by atoms with Gasteiger partial charge in [0.15, 0.2) is 0 Å². The van der Waals surface area contributed by atoms with Gasteiger partial charge in [0, 0.05) is 6.04 Å². The van der Waals surface area contributed by atoms with Crippen molar-refractivity contribution < 1.29 is 4.39 Å². The zero-order chi connectivity index (χ0) is 9.68.